The zero-order valence-electron chi connectivity index (χ0n) is 22.2. The smallest absolute Gasteiger partial charge is 0.142 e. The van der Waals surface area contributed by atoms with E-state index in [1.807, 2.05) is 29.9 Å². The summed E-state index contributed by atoms with van der Waals surface area (Å²) in [6, 6.07) is 12.7. The fourth-order valence-corrected chi connectivity index (χ4v) is 7.48. The number of piperidine rings is 1. The Bertz CT molecular complexity index is 1520. The predicted molar refractivity (Wildman–Crippen MR) is 165 cm³/mol. The minimum absolute atomic E-state index is 0.461. The molecular formula is C29H33N4O2PS2. The number of rotatable bonds is 7. The number of hydrogen-bond acceptors (Lipinski definition) is 8. The van der Waals surface area contributed by atoms with E-state index >= 15 is 0 Å². The van der Waals surface area contributed by atoms with Crippen LogP contribution in [0.2, 0.25) is 0 Å². The van der Waals surface area contributed by atoms with Gasteiger partial charge in [-0.3, -0.25) is 4.98 Å². The van der Waals surface area contributed by atoms with E-state index in [0.29, 0.717) is 18.3 Å². The molecule has 0 atom stereocenters. The van der Waals surface area contributed by atoms with E-state index in [2.05, 4.69) is 57.6 Å². The van der Waals surface area contributed by atoms with Gasteiger partial charge in [0.15, 0.2) is 0 Å². The average Bonchev–Trinajstić information content (AvgIpc) is 3.55. The highest BCUT2D eigenvalue weighted by Gasteiger charge is 2.20. The van der Waals surface area contributed by atoms with Crippen molar-refractivity contribution in [3.63, 3.8) is 0 Å². The molecule has 0 amide bonds. The van der Waals surface area contributed by atoms with Gasteiger partial charge in [0.2, 0.25) is 0 Å². The summed E-state index contributed by atoms with van der Waals surface area (Å²) in [4.78, 5) is 8.91. The third kappa shape index (κ3) is 5.92. The summed E-state index contributed by atoms with van der Waals surface area (Å²) in [6.45, 7) is 6.24. The largest absolute Gasteiger partial charge is 0.495 e. The number of methoxy groups -OCH3 is 1. The van der Waals surface area contributed by atoms with Gasteiger partial charge in [0.05, 0.1) is 45.0 Å². The molecule has 0 bridgehead atoms. The van der Waals surface area contributed by atoms with Crippen LogP contribution in [-0.4, -0.2) is 63.0 Å². The topological polar surface area (TPSA) is 66.5 Å². The van der Waals surface area contributed by atoms with Gasteiger partial charge in [0.1, 0.15) is 12.9 Å². The van der Waals surface area contributed by atoms with Gasteiger partial charge in [0.25, 0.3) is 0 Å². The number of nitrogens with zero attached hydrogens (tertiary/aromatic N) is 2. The number of ether oxygens (including phenoxy) is 1. The van der Waals surface area contributed by atoms with E-state index < -0.39 is 7.14 Å². The molecule has 6 nitrogen and oxygen atoms in total. The zero-order valence-corrected chi connectivity index (χ0v) is 24.7. The molecule has 1 saturated heterocycles. The molecule has 198 valence electrons. The van der Waals surface area contributed by atoms with Crippen molar-refractivity contribution >= 4 is 56.6 Å². The van der Waals surface area contributed by atoms with Gasteiger partial charge in [-0.25, -0.2) is 0 Å². The van der Waals surface area contributed by atoms with Gasteiger partial charge in [-0.05, 0) is 70.6 Å². The molecule has 0 spiro atoms. The maximum atomic E-state index is 12.5. The monoisotopic (exact) mass is 564 g/mol. The number of anilines is 2. The molecule has 38 heavy (non-hydrogen) atoms. The summed E-state index contributed by atoms with van der Waals surface area (Å²) in [6.07, 6.45) is 4.23. The van der Waals surface area contributed by atoms with Crippen molar-refractivity contribution in [2.75, 3.05) is 57.8 Å². The van der Waals surface area contributed by atoms with Crippen molar-refractivity contribution in [3.8, 4) is 28.0 Å². The summed E-state index contributed by atoms with van der Waals surface area (Å²) in [5.41, 5.74) is 5.06. The van der Waals surface area contributed by atoms with Crippen LogP contribution < -0.4 is 20.7 Å². The third-order valence-electron chi connectivity index (χ3n) is 6.85. The summed E-state index contributed by atoms with van der Waals surface area (Å²) >= 11 is 3.39. The number of aromatic nitrogens is 1. The molecule has 1 fully saturated rings. The Morgan fingerprint density at radius 1 is 1.18 bits per heavy atom. The Hall–Kier alpha value is -2.82. The fourth-order valence-electron chi connectivity index (χ4n) is 4.70. The first kappa shape index (κ1) is 26.8. The summed E-state index contributed by atoms with van der Waals surface area (Å²) in [5, 5.41) is 9.20. The number of fused-ring (bicyclic) bond motifs is 1. The number of thiazole rings is 1. The first-order chi connectivity index (χ1) is 18.3. The molecule has 0 saturated carbocycles. The van der Waals surface area contributed by atoms with Crippen molar-refractivity contribution in [2.45, 2.75) is 18.9 Å². The van der Waals surface area contributed by atoms with Crippen molar-refractivity contribution in [3.05, 3.63) is 53.0 Å². The summed E-state index contributed by atoms with van der Waals surface area (Å²) in [5.74, 6) is 7.42. The van der Waals surface area contributed by atoms with Crippen LogP contribution in [0, 0.1) is 11.8 Å². The molecule has 1 aliphatic rings. The van der Waals surface area contributed by atoms with Crippen LogP contribution in [0.5, 0.6) is 5.75 Å². The number of likely N-dealkylation sites (tertiary alicyclic amines) is 1. The van der Waals surface area contributed by atoms with E-state index in [0.717, 1.165) is 52.2 Å². The Balaban J connectivity index is 1.41. The van der Waals surface area contributed by atoms with Gasteiger partial charge in [-0.15, -0.1) is 22.7 Å². The van der Waals surface area contributed by atoms with Gasteiger partial charge < -0.3 is 24.8 Å². The van der Waals surface area contributed by atoms with E-state index in [9.17, 15) is 4.57 Å². The number of benzene rings is 2. The first-order valence-corrected chi connectivity index (χ1v) is 17.0. The molecule has 4 aromatic rings. The molecule has 0 aliphatic carbocycles. The van der Waals surface area contributed by atoms with Gasteiger partial charge in [0, 0.05) is 28.5 Å². The lowest BCUT2D eigenvalue weighted by molar-refractivity contribution is 0.264. The summed E-state index contributed by atoms with van der Waals surface area (Å²) < 4.78 is 19.2. The van der Waals surface area contributed by atoms with Crippen LogP contribution in [0.25, 0.3) is 20.5 Å². The third-order valence-corrected chi connectivity index (χ3v) is 10.3. The average molecular weight is 565 g/mol. The van der Waals surface area contributed by atoms with Crippen LogP contribution >= 0.6 is 29.8 Å². The maximum absolute atomic E-state index is 12.5. The molecule has 0 radical (unpaired) electrons. The molecule has 2 N–H and O–H groups in total. The minimum atomic E-state index is -2.36. The number of hydrogen-bond donors (Lipinski definition) is 2. The second-order valence-electron chi connectivity index (χ2n) is 9.97. The molecule has 2 aromatic heterocycles. The molecule has 2 aromatic carbocycles. The lowest BCUT2D eigenvalue weighted by atomic mass is 10.0. The van der Waals surface area contributed by atoms with Gasteiger partial charge >= 0.3 is 0 Å². The van der Waals surface area contributed by atoms with Crippen LogP contribution in [0.4, 0.5) is 11.4 Å². The highest BCUT2D eigenvalue weighted by atomic mass is 32.1. The van der Waals surface area contributed by atoms with E-state index in [1.165, 1.54) is 15.8 Å². The predicted octanol–water partition coefficient (Wildman–Crippen LogP) is 6.25. The van der Waals surface area contributed by atoms with Crippen LogP contribution in [0.15, 0.2) is 48.1 Å². The Kier molecular flexibility index (Phi) is 8.11. The first-order valence-electron chi connectivity index (χ1n) is 12.7. The molecule has 1 aliphatic heterocycles. The Labute approximate surface area is 232 Å². The molecular weight excluding hydrogens is 531 g/mol. The van der Waals surface area contributed by atoms with Gasteiger partial charge in [-0.1, -0.05) is 24.0 Å². The fraction of sp³-hybridized carbons (Fsp3) is 0.345. The molecule has 5 rings (SSSR count). The molecule has 9 heteroatoms. The Morgan fingerprint density at radius 2 is 2.00 bits per heavy atom. The highest BCUT2D eigenvalue weighted by molar-refractivity contribution is 7.70. The standard InChI is InChI=1S/C29H33N4O2PS2/c1-33-15-12-20(13-16-33)32-24-8-5-7-22-28(27-18-30-19-37-27)26(38-29(22)24)9-6-14-31-23-11-10-21(36(3,4)34)17-25(23)35-2/h5,7-8,10-11,17-20,31-32H,12-16H2,1-4H3. The maximum Gasteiger partial charge on any atom is 0.142 e. The SMILES string of the molecule is COc1cc(P(C)(C)=O)ccc1NCC#Cc1sc2c(NC3CCN(C)CC3)cccc2c1-c1cncs1. The van der Waals surface area contributed by atoms with Gasteiger partial charge in [-0.2, -0.15) is 0 Å². The van der Waals surface area contributed by atoms with Crippen molar-refractivity contribution < 1.29 is 9.30 Å². The molecule has 3 heterocycles. The minimum Gasteiger partial charge on any atom is -0.495 e. The van der Waals surface area contributed by atoms with Crippen molar-refractivity contribution in [1.82, 2.24) is 9.88 Å². The lowest BCUT2D eigenvalue weighted by Gasteiger charge is -2.30. The molecule has 0 unspecified atom stereocenters. The highest BCUT2D eigenvalue weighted by Crippen LogP contribution is 2.43. The van der Waals surface area contributed by atoms with Crippen molar-refractivity contribution in [1.29, 1.82) is 0 Å². The summed E-state index contributed by atoms with van der Waals surface area (Å²) in [7, 11) is 1.46. The zero-order chi connectivity index (χ0) is 26.7. The lowest BCUT2D eigenvalue weighted by Crippen LogP contribution is -2.36. The second-order valence-corrected chi connectivity index (χ2v) is 15.1. The van der Waals surface area contributed by atoms with E-state index in [4.69, 9.17) is 4.74 Å². The number of thiophene rings is 1. The van der Waals surface area contributed by atoms with Crippen LogP contribution in [0.1, 0.15) is 17.7 Å². The second kappa shape index (κ2) is 11.5. The van der Waals surface area contributed by atoms with Crippen LogP contribution in [-0.2, 0) is 4.57 Å². The Morgan fingerprint density at radius 3 is 2.71 bits per heavy atom. The van der Waals surface area contributed by atoms with E-state index in [1.54, 1.807) is 43.1 Å². The normalized spacial score (nSPS) is 14.7. The van der Waals surface area contributed by atoms with E-state index in [-0.39, 0.29) is 0 Å². The quantitative estimate of drug-likeness (QED) is 0.204. The number of nitrogens with one attached hydrogen (secondary N) is 2. The van der Waals surface area contributed by atoms with Crippen LogP contribution in [0.3, 0.4) is 0 Å². The van der Waals surface area contributed by atoms with Crippen molar-refractivity contribution in [2.24, 2.45) is 0 Å².